The van der Waals surface area contributed by atoms with Crippen LogP contribution in [0.2, 0.25) is 0 Å². The number of benzene rings is 2. The summed E-state index contributed by atoms with van der Waals surface area (Å²) in [5, 5.41) is 26.5. The molecule has 0 fully saturated rings. The van der Waals surface area contributed by atoms with Crippen LogP contribution in [-0.4, -0.2) is 15.6 Å². The van der Waals surface area contributed by atoms with Crippen molar-refractivity contribution in [2.24, 2.45) is 5.10 Å². The second kappa shape index (κ2) is 7.55. The Kier molecular flexibility index (Phi) is 5.01. The lowest BCUT2D eigenvalue weighted by atomic mass is 10.1. The minimum atomic E-state index is -0.491. The van der Waals surface area contributed by atoms with E-state index in [4.69, 9.17) is 0 Å². The predicted molar refractivity (Wildman–Crippen MR) is 101 cm³/mol. The third-order valence-electron chi connectivity index (χ3n) is 3.51. The van der Waals surface area contributed by atoms with Gasteiger partial charge in [-0.25, -0.2) is 4.98 Å². The van der Waals surface area contributed by atoms with Crippen LogP contribution in [0, 0.1) is 28.4 Å². The molecule has 2 aromatic carbocycles. The van der Waals surface area contributed by atoms with Crippen molar-refractivity contribution in [3.8, 4) is 17.3 Å². The quantitative estimate of drug-likeness (QED) is 0.412. The van der Waals surface area contributed by atoms with E-state index in [1.54, 1.807) is 12.1 Å². The Balaban J connectivity index is 1.82. The molecule has 0 saturated heterocycles. The lowest BCUT2D eigenvalue weighted by molar-refractivity contribution is -0.384. The molecule has 1 N–H and O–H groups in total. The zero-order valence-electron chi connectivity index (χ0n) is 13.7. The number of nitriles is 1. The highest BCUT2D eigenvalue weighted by molar-refractivity contribution is 7.12. The van der Waals surface area contributed by atoms with Crippen LogP contribution >= 0.6 is 11.3 Å². The largest absolute Gasteiger partial charge is 0.277 e. The summed E-state index contributed by atoms with van der Waals surface area (Å²) in [5.41, 5.74) is 6.03. The molecule has 8 heteroatoms. The van der Waals surface area contributed by atoms with Gasteiger partial charge in [0.25, 0.3) is 5.69 Å². The number of thiazole rings is 1. The number of nitrogens with zero attached hydrogens (tertiary/aromatic N) is 4. The molecule has 0 aliphatic heterocycles. The Morgan fingerprint density at radius 3 is 2.77 bits per heavy atom. The van der Waals surface area contributed by atoms with Crippen LogP contribution in [-0.2, 0) is 0 Å². The highest BCUT2D eigenvalue weighted by Crippen LogP contribution is 2.23. The summed E-state index contributed by atoms with van der Waals surface area (Å²) in [6.07, 6.45) is 0. The highest BCUT2D eigenvalue weighted by Gasteiger charge is 2.11. The summed E-state index contributed by atoms with van der Waals surface area (Å²) in [6.45, 7) is 2.01. The van der Waals surface area contributed by atoms with Gasteiger partial charge in [0.1, 0.15) is 6.07 Å². The summed E-state index contributed by atoms with van der Waals surface area (Å²) in [7, 11) is 0. The SMILES string of the molecule is Cc1ccc(-c2csc(/C(C#N)=N\Nc3cccc([N+](=O)[O-])c3)n2)cc1. The van der Waals surface area contributed by atoms with Crippen molar-refractivity contribution in [2.75, 3.05) is 5.43 Å². The van der Waals surface area contributed by atoms with Crippen LogP contribution in [0.4, 0.5) is 11.4 Å². The van der Waals surface area contributed by atoms with Crippen molar-refractivity contribution < 1.29 is 4.92 Å². The number of nitro groups is 1. The van der Waals surface area contributed by atoms with Gasteiger partial charge in [0, 0.05) is 23.1 Å². The number of hydrazone groups is 1. The van der Waals surface area contributed by atoms with Gasteiger partial charge in [-0.3, -0.25) is 15.5 Å². The first-order chi connectivity index (χ1) is 12.6. The highest BCUT2D eigenvalue weighted by atomic mass is 32.1. The Bertz CT molecular complexity index is 1020. The second-order valence-electron chi connectivity index (χ2n) is 5.40. The van der Waals surface area contributed by atoms with Crippen molar-refractivity contribution in [3.63, 3.8) is 0 Å². The van der Waals surface area contributed by atoms with Crippen LogP contribution in [0.5, 0.6) is 0 Å². The fourth-order valence-corrected chi connectivity index (χ4v) is 2.94. The first kappa shape index (κ1) is 17.3. The van der Waals surface area contributed by atoms with Gasteiger partial charge in [-0.15, -0.1) is 11.3 Å². The molecule has 26 heavy (non-hydrogen) atoms. The number of rotatable bonds is 5. The zero-order valence-corrected chi connectivity index (χ0v) is 14.5. The molecule has 7 nitrogen and oxygen atoms in total. The lowest BCUT2D eigenvalue weighted by Gasteiger charge is -2.00. The maximum atomic E-state index is 10.8. The predicted octanol–water partition coefficient (Wildman–Crippen LogP) is 4.37. The molecule has 0 bridgehead atoms. The van der Waals surface area contributed by atoms with Gasteiger partial charge >= 0.3 is 0 Å². The standard InChI is InChI=1S/C18H13N5O2S/c1-12-5-7-13(8-6-12)17-11-26-18(20-17)16(10-19)22-21-14-3-2-4-15(9-14)23(24)25/h2-9,11,21H,1H3/b22-16-. The normalized spacial score (nSPS) is 11.0. The third-order valence-corrected chi connectivity index (χ3v) is 4.36. The molecule has 0 radical (unpaired) electrons. The van der Waals surface area contributed by atoms with E-state index >= 15 is 0 Å². The molecule has 1 aromatic heterocycles. The van der Waals surface area contributed by atoms with E-state index in [1.807, 2.05) is 42.6 Å². The van der Waals surface area contributed by atoms with Gasteiger partial charge in [-0.05, 0) is 13.0 Å². The Morgan fingerprint density at radius 1 is 1.31 bits per heavy atom. The molecule has 3 aromatic rings. The van der Waals surface area contributed by atoms with Crippen LogP contribution in [0.15, 0.2) is 59.0 Å². The number of hydrogen-bond acceptors (Lipinski definition) is 7. The van der Waals surface area contributed by atoms with Gasteiger partial charge in [-0.2, -0.15) is 10.4 Å². The fraction of sp³-hybridized carbons (Fsp3) is 0.0556. The molecular weight excluding hydrogens is 350 g/mol. The van der Waals surface area contributed by atoms with Crippen LogP contribution in [0.3, 0.4) is 0 Å². The molecule has 0 atom stereocenters. The van der Waals surface area contributed by atoms with Crippen molar-refractivity contribution in [1.29, 1.82) is 5.26 Å². The molecule has 0 unspecified atom stereocenters. The third kappa shape index (κ3) is 3.91. The van der Waals surface area contributed by atoms with E-state index in [2.05, 4.69) is 15.5 Å². The molecule has 0 saturated carbocycles. The molecule has 0 aliphatic rings. The van der Waals surface area contributed by atoms with Crippen LogP contribution < -0.4 is 5.43 Å². The second-order valence-corrected chi connectivity index (χ2v) is 6.25. The topological polar surface area (TPSA) is 104 Å². The molecule has 128 valence electrons. The Morgan fingerprint density at radius 2 is 2.08 bits per heavy atom. The van der Waals surface area contributed by atoms with Gasteiger partial charge in [0.05, 0.1) is 16.3 Å². The monoisotopic (exact) mass is 363 g/mol. The van der Waals surface area contributed by atoms with Gasteiger partial charge < -0.3 is 0 Å². The van der Waals surface area contributed by atoms with Crippen molar-refractivity contribution in [3.05, 3.63) is 74.6 Å². The Labute approximate surface area is 153 Å². The van der Waals surface area contributed by atoms with E-state index in [0.29, 0.717) is 10.7 Å². The minimum absolute atomic E-state index is 0.0559. The summed E-state index contributed by atoms with van der Waals surface area (Å²) >= 11 is 1.31. The molecule has 0 amide bonds. The van der Waals surface area contributed by atoms with Crippen LogP contribution in [0.1, 0.15) is 10.6 Å². The smallest absolute Gasteiger partial charge is 0.271 e. The average Bonchev–Trinajstić information content (AvgIpc) is 3.13. The Hall–Kier alpha value is -3.57. The first-order valence-electron chi connectivity index (χ1n) is 7.58. The number of nitrogens with one attached hydrogen (secondary N) is 1. The number of nitro benzene ring substituents is 1. The van der Waals surface area contributed by atoms with E-state index in [-0.39, 0.29) is 11.4 Å². The number of anilines is 1. The molecule has 0 spiro atoms. The lowest BCUT2D eigenvalue weighted by Crippen LogP contribution is -2.01. The number of non-ortho nitro benzene ring substituents is 1. The van der Waals surface area contributed by atoms with E-state index in [9.17, 15) is 15.4 Å². The number of aryl methyl sites for hydroxylation is 1. The summed E-state index contributed by atoms with van der Waals surface area (Å²) in [4.78, 5) is 14.8. The van der Waals surface area contributed by atoms with Gasteiger partial charge in [-0.1, -0.05) is 35.9 Å². The van der Waals surface area contributed by atoms with Gasteiger partial charge in [0.2, 0.25) is 0 Å². The first-order valence-corrected chi connectivity index (χ1v) is 8.46. The molecular formula is C18H13N5O2S. The van der Waals surface area contributed by atoms with E-state index < -0.39 is 4.92 Å². The molecule has 3 rings (SSSR count). The molecule has 0 aliphatic carbocycles. The van der Waals surface area contributed by atoms with Crippen molar-refractivity contribution in [2.45, 2.75) is 6.92 Å². The molecule has 1 heterocycles. The maximum Gasteiger partial charge on any atom is 0.271 e. The summed E-state index contributed by atoms with van der Waals surface area (Å²) < 4.78 is 0. The maximum absolute atomic E-state index is 10.8. The minimum Gasteiger partial charge on any atom is -0.277 e. The van der Waals surface area contributed by atoms with Crippen molar-refractivity contribution >= 4 is 28.4 Å². The van der Waals surface area contributed by atoms with Crippen molar-refractivity contribution in [1.82, 2.24) is 4.98 Å². The van der Waals surface area contributed by atoms with Crippen LogP contribution in [0.25, 0.3) is 11.3 Å². The average molecular weight is 363 g/mol. The fourth-order valence-electron chi connectivity index (χ4n) is 2.17. The van der Waals surface area contributed by atoms with E-state index in [0.717, 1.165) is 16.8 Å². The summed E-state index contributed by atoms with van der Waals surface area (Å²) in [6, 6.07) is 15.8. The number of hydrogen-bond donors (Lipinski definition) is 1. The van der Waals surface area contributed by atoms with Gasteiger partial charge in [0.15, 0.2) is 10.7 Å². The summed E-state index contributed by atoms with van der Waals surface area (Å²) in [5.74, 6) is 0. The van der Waals surface area contributed by atoms with E-state index in [1.165, 1.54) is 23.5 Å². The zero-order chi connectivity index (χ0) is 18.5. The number of aromatic nitrogens is 1.